The van der Waals surface area contributed by atoms with E-state index in [0.29, 0.717) is 35.2 Å². The predicted octanol–water partition coefficient (Wildman–Crippen LogP) is 5.90. The minimum absolute atomic E-state index is 0.196. The summed E-state index contributed by atoms with van der Waals surface area (Å²) in [5, 5.41) is 1.07. The number of aliphatic imine (C=N–C) groups is 1. The minimum atomic E-state index is -0.456. The third-order valence-electron chi connectivity index (χ3n) is 4.35. The van der Waals surface area contributed by atoms with Crippen molar-refractivity contribution in [2.75, 3.05) is 13.2 Å². The van der Waals surface area contributed by atoms with Crippen LogP contribution in [0.2, 0.25) is 10.0 Å². The predicted molar refractivity (Wildman–Crippen MR) is 109 cm³/mol. The highest BCUT2D eigenvalue weighted by Crippen LogP contribution is 2.36. The Morgan fingerprint density at radius 2 is 2.15 bits per heavy atom. The Balaban J connectivity index is 1.63. The van der Waals surface area contributed by atoms with Crippen LogP contribution in [-0.2, 0) is 11.2 Å². The number of carbonyl (C=O) groups is 1. The highest BCUT2D eigenvalue weighted by Gasteiger charge is 2.19. The zero-order valence-corrected chi connectivity index (χ0v) is 16.6. The quantitative estimate of drug-likeness (QED) is 0.561. The molecule has 0 N–H and O–H groups in total. The highest BCUT2D eigenvalue weighted by atomic mass is 35.5. The normalized spacial score (nSPS) is 15.6. The van der Waals surface area contributed by atoms with E-state index in [9.17, 15) is 4.79 Å². The maximum absolute atomic E-state index is 12.0. The van der Waals surface area contributed by atoms with Crippen LogP contribution in [-0.4, -0.2) is 25.4 Å². The number of fused-ring (bicyclic) bond motifs is 1. The molecule has 0 aromatic heterocycles. The maximum Gasteiger partial charge on any atom is 0.339 e. The Hall–Kier alpha value is -2.04. The number of nitrogens with zero attached hydrogens (tertiary/aromatic N) is 1. The summed E-state index contributed by atoms with van der Waals surface area (Å²) in [6, 6.07) is 11.2. The van der Waals surface area contributed by atoms with Crippen molar-refractivity contribution in [2.45, 2.75) is 26.2 Å². The number of benzene rings is 2. The second kappa shape index (κ2) is 9.25. The molecule has 2 aromatic rings. The van der Waals surface area contributed by atoms with E-state index < -0.39 is 5.97 Å². The summed E-state index contributed by atoms with van der Waals surface area (Å²) in [6.45, 7) is 2.58. The number of hydrogen-bond acceptors (Lipinski definition) is 4. The van der Waals surface area contributed by atoms with E-state index in [2.05, 4.69) is 11.1 Å². The van der Waals surface area contributed by atoms with Crippen LogP contribution in [0.15, 0.2) is 41.4 Å². The van der Waals surface area contributed by atoms with Crippen molar-refractivity contribution < 1.29 is 14.3 Å². The van der Waals surface area contributed by atoms with Gasteiger partial charge in [0.1, 0.15) is 11.4 Å². The van der Waals surface area contributed by atoms with Crippen LogP contribution >= 0.6 is 23.2 Å². The molecule has 0 aliphatic carbocycles. The molecule has 1 aliphatic rings. The molecule has 3 rings (SSSR count). The van der Waals surface area contributed by atoms with Gasteiger partial charge >= 0.3 is 5.97 Å². The first-order valence-corrected chi connectivity index (χ1v) is 9.74. The van der Waals surface area contributed by atoms with Crippen molar-refractivity contribution in [3.63, 3.8) is 0 Å². The molecule has 0 saturated heterocycles. The summed E-state index contributed by atoms with van der Waals surface area (Å²) in [4.78, 5) is 16.5. The molecular formula is C21H21Cl2NO3. The molecule has 1 heterocycles. The fourth-order valence-corrected chi connectivity index (χ4v) is 3.41. The zero-order chi connectivity index (χ0) is 19.2. The third-order valence-corrected chi connectivity index (χ3v) is 4.90. The van der Waals surface area contributed by atoms with E-state index in [1.54, 1.807) is 19.1 Å². The summed E-state index contributed by atoms with van der Waals surface area (Å²) in [5.41, 5.74) is 2.13. The zero-order valence-electron chi connectivity index (χ0n) is 15.1. The van der Waals surface area contributed by atoms with E-state index in [4.69, 9.17) is 32.7 Å². The average Bonchev–Trinajstić information content (AvgIpc) is 2.83. The Morgan fingerprint density at radius 3 is 2.93 bits per heavy atom. The van der Waals surface area contributed by atoms with Crippen LogP contribution in [0, 0.1) is 5.92 Å². The lowest BCUT2D eigenvalue weighted by Gasteiger charge is -2.12. The average molecular weight is 406 g/mol. The Labute approximate surface area is 169 Å². The van der Waals surface area contributed by atoms with Gasteiger partial charge in [0.2, 0.25) is 0 Å². The van der Waals surface area contributed by atoms with E-state index in [1.165, 1.54) is 5.56 Å². The molecule has 0 spiro atoms. The topological polar surface area (TPSA) is 47.9 Å². The second-order valence-corrected chi connectivity index (χ2v) is 7.24. The molecule has 4 nitrogen and oxygen atoms in total. The first-order chi connectivity index (χ1) is 13.1. The molecule has 6 heteroatoms. The number of ether oxygens (including phenoxy) is 2. The van der Waals surface area contributed by atoms with Gasteiger partial charge in [0.05, 0.1) is 23.8 Å². The highest BCUT2D eigenvalue weighted by molar-refractivity contribution is 6.34. The number of rotatable bonds is 6. The van der Waals surface area contributed by atoms with E-state index in [0.717, 1.165) is 24.3 Å². The molecule has 1 atom stereocenters. The fourth-order valence-electron chi connectivity index (χ4n) is 2.97. The maximum atomic E-state index is 12.0. The first-order valence-electron chi connectivity index (χ1n) is 8.99. The Morgan fingerprint density at radius 1 is 1.30 bits per heavy atom. The number of esters is 1. The summed E-state index contributed by atoms with van der Waals surface area (Å²) in [6.07, 6.45) is 4.80. The van der Waals surface area contributed by atoms with Crippen molar-refractivity contribution in [3.05, 3.63) is 57.6 Å². The Kier molecular flexibility index (Phi) is 6.75. The van der Waals surface area contributed by atoms with Crippen molar-refractivity contribution in [1.29, 1.82) is 0 Å². The number of hydrogen-bond donors (Lipinski definition) is 0. The minimum Gasteiger partial charge on any atom is -0.491 e. The van der Waals surface area contributed by atoms with Gasteiger partial charge in [-0.1, -0.05) is 35.3 Å². The molecule has 0 bridgehead atoms. The van der Waals surface area contributed by atoms with Gasteiger partial charge in [0.15, 0.2) is 0 Å². The van der Waals surface area contributed by atoms with Gasteiger partial charge in [-0.15, -0.1) is 0 Å². The van der Waals surface area contributed by atoms with Crippen molar-refractivity contribution >= 4 is 41.1 Å². The summed E-state index contributed by atoms with van der Waals surface area (Å²) < 4.78 is 10.9. The van der Waals surface area contributed by atoms with Crippen LogP contribution in [0.25, 0.3) is 0 Å². The van der Waals surface area contributed by atoms with Crippen molar-refractivity contribution in [2.24, 2.45) is 10.9 Å². The van der Waals surface area contributed by atoms with Crippen molar-refractivity contribution in [3.8, 4) is 5.75 Å². The van der Waals surface area contributed by atoms with Crippen LogP contribution < -0.4 is 4.74 Å². The van der Waals surface area contributed by atoms with Gasteiger partial charge in [0, 0.05) is 23.2 Å². The van der Waals surface area contributed by atoms with E-state index >= 15 is 0 Å². The summed E-state index contributed by atoms with van der Waals surface area (Å²) in [5.74, 6) is 0.325. The molecule has 0 amide bonds. The first kappa shape index (κ1) is 19.7. The van der Waals surface area contributed by atoms with Crippen LogP contribution in [0.1, 0.15) is 35.7 Å². The molecule has 2 aromatic carbocycles. The lowest BCUT2D eigenvalue weighted by Crippen LogP contribution is -2.12. The monoisotopic (exact) mass is 405 g/mol. The van der Waals surface area contributed by atoms with Crippen LogP contribution in [0.4, 0.5) is 5.69 Å². The molecule has 0 radical (unpaired) electrons. The largest absolute Gasteiger partial charge is 0.491 e. The second-order valence-electron chi connectivity index (χ2n) is 6.39. The van der Waals surface area contributed by atoms with Gasteiger partial charge in [-0.05, 0) is 49.9 Å². The molecule has 1 aliphatic heterocycles. The molecule has 27 heavy (non-hydrogen) atoms. The van der Waals surface area contributed by atoms with Crippen LogP contribution in [0.5, 0.6) is 5.75 Å². The molecular weight excluding hydrogens is 385 g/mol. The summed E-state index contributed by atoms with van der Waals surface area (Å²) in [7, 11) is 0. The van der Waals surface area contributed by atoms with E-state index in [1.807, 2.05) is 24.4 Å². The third kappa shape index (κ3) is 5.24. The van der Waals surface area contributed by atoms with Gasteiger partial charge < -0.3 is 9.47 Å². The smallest absolute Gasteiger partial charge is 0.339 e. The fraction of sp³-hybridized carbons (Fsp3) is 0.333. The standard InChI is InChI=1S/C21H21Cl2NO3/c1-2-26-21(25)17-10-19-20(11-18(17)23)27-13-15(12-24-19)7-3-5-14-6-4-8-16(22)9-14/h4,6,8-12,15H,2-3,5,7,13H2,1H3. The lowest BCUT2D eigenvalue weighted by atomic mass is 10.0. The van der Waals surface area contributed by atoms with Gasteiger partial charge in [-0.3, -0.25) is 4.99 Å². The van der Waals surface area contributed by atoms with Crippen molar-refractivity contribution in [1.82, 2.24) is 0 Å². The molecule has 0 fully saturated rings. The van der Waals surface area contributed by atoms with Gasteiger partial charge in [-0.2, -0.15) is 0 Å². The lowest BCUT2D eigenvalue weighted by molar-refractivity contribution is 0.0526. The Bertz CT molecular complexity index is 851. The number of carbonyl (C=O) groups excluding carboxylic acids is 1. The van der Waals surface area contributed by atoms with Gasteiger partial charge in [-0.25, -0.2) is 4.79 Å². The summed E-state index contributed by atoms with van der Waals surface area (Å²) >= 11 is 12.2. The van der Waals surface area contributed by atoms with E-state index in [-0.39, 0.29) is 5.92 Å². The van der Waals surface area contributed by atoms with Crippen LogP contribution in [0.3, 0.4) is 0 Å². The van der Waals surface area contributed by atoms with Gasteiger partial charge in [0.25, 0.3) is 0 Å². The SMILES string of the molecule is CCOC(=O)c1cc2c(cc1Cl)OCC(CCCc1cccc(Cl)c1)C=N2. The number of aryl methyl sites for hydroxylation is 1. The molecule has 0 saturated carbocycles. The molecule has 1 unspecified atom stereocenters. The molecule has 142 valence electrons. The number of halogens is 2.